The molecule has 0 saturated heterocycles. The third-order valence-electron chi connectivity index (χ3n) is 3.33. The van der Waals surface area contributed by atoms with E-state index >= 15 is 0 Å². The van der Waals surface area contributed by atoms with Crippen molar-refractivity contribution >= 4 is 5.82 Å². The van der Waals surface area contributed by atoms with Crippen molar-refractivity contribution in [2.24, 2.45) is 0 Å². The second-order valence-electron chi connectivity index (χ2n) is 4.32. The maximum Gasteiger partial charge on any atom is 0.293 e. The van der Waals surface area contributed by atoms with Crippen molar-refractivity contribution in [3.63, 3.8) is 0 Å². The van der Waals surface area contributed by atoms with Crippen LogP contribution >= 0.6 is 0 Å². The number of aromatic nitrogens is 2. The van der Waals surface area contributed by atoms with E-state index in [1.54, 1.807) is 24.1 Å². The largest absolute Gasteiger partial charge is 0.379 e. The molecule has 0 radical (unpaired) electrons. The van der Waals surface area contributed by atoms with Gasteiger partial charge in [-0.1, -0.05) is 0 Å². The minimum Gasteiger partial charge on any atom is -0.379 e. The van der Waals surface area contributed by atoms with Gasteiger partial charge in [0.05, 0.1) is 12.1 Å². The third kappa shape index (κ3) is 2.49. The predicted octanol–water partition coefficient (Wildman–Crippen LogP) is 1.24. The first kappa shape index (κ1) is 12.1. The van der Waals surface area contributed by atoms with Crippen LogP contribution < -0.4 is 10.9 Å². The maximum atomic E-state index is 12.0. The fourth-order valence-electron chi connectivity index (χ4n) is 2.34. The smallest absolute Gasteiger partial charge is 0.293 e. The van der Waals surface area contributed by atoms with Gasteiger partial charge in [0.25, 0.3) is 5.56 Å². The van der Waals surface area contributed by atoms with Crippen molar-refractivity contribution in [1.29, 1.82) is 0 Å². The molecule has 2 unspecified atom stereocenters. The van der Waals surface area contributed by atoms with Gasteiger partial charge in [-0.3, -0.25) is 4.79 Å². The summed E-state index contributed by atoms with van der Waals surface area (Å²) >= 11 is 0. The second kappa shape index (κ2) is 5.31. The molecule has 1 aliphatic rings. The number of hydrogen-bond acceptors (Lipinski definition) is 4. The Morgan fingerprint density at radius 3 is 3.12 bits per heavy atom. The van der Waals surface area contributed by atoms with E-state index in [1.807, 2.05) is 6.92 Å². The highest BCUT2D eigenvalue weighted by molar-refractivity contribution is 5.33. The summed E-state index contributed by atoms with van der Waals surface area (Å²) < 4.78 is 7.04. The minimum absolute atomic E-state index is 0.0586. The molecule has 0 bridgehead atoms. The first-order valence-electron chi connectivity index (χ1n) is 6.11. The topological polar surface area (TPSA) is 56.1 Å². The Bertz CT molecular complexity index is 430. The Kier molecular flexibility index (Phi) is 3.78. The van der Waals surface area contributed by atoms with Crippen molar-refractivity contribution < 1.29 is 4.74 Å². The molecule has 1 aliphatic carbocycles. The summed E-state index contributed by atoms with van der Waals surface area (Å²) in [6, 6.07) is 0.202. The van der Waals surface area contributed by atoms with Gasteiger partial charge in [-0.15, -0.1) is 0 Å². The van der Waals surface area contributed by atoms with Crippen molar-refractivity contribution in [3.8, 4) is 0 Å². The van der Waals surface area contributed by atoms with E-state index in [1.165, 1.54) is 0 Å². The zero-order chi connectivity index (χ0) is 12.3. The molecule has 1 saturated carbocycles. The second-order valence-corrected chi connectivity index (χ2v) is 4.32. The Morgan fingerprint density at radius 2 is 2.41 bits per heavy atom. The maximum absolute atomic E-state index is 12.0. The summed E-state index contributed by atoms with van der Waals surface area (Å²) in [4.78, 5) is 16.1. The van der Waals surface area contributed by atoms with Gasteiger partial charge in [-0.05, 0) is 26.2 Å². The molecule has 0 aliphatic heterocycles. The van der Waals surface area contributed by atoms with E-state index < -0.39 is 0 Å². The number of nitrogens with one attached hydrogen (secondary N) is 1. The van der Waals surface area contributed by atoms with E-state index in [0.717, 1.165) is 19.3 Å². The number of rotatable bonds is 4. The molecule has 5 nitrogen and oxygen atoms in total. The Labute approximate surface area is 101 Å². The first-order valence-corrected chi connectivity index (χ1v) is 6.11. The number of anilines is 1. The van der Waals surface area contributed by atoms with Crippen LogP contribution in [-0.2, 0) is 11.3 Å². The van der Waals surface area contributed by atoms with Crippen LogP contribution in [0.5, 0.6) is 0 Å². The third-order valence-corrected chi connectivity index (χ3v) is 3.33. The molecule has 2 atom stereocenters. The van der Waals surface area contributed by atoms with Gasteiger partial charge >= 0.3 is 0 Å². The van der Waals surface area contributed by atoms with E-state index in [0.29, 0.717) is 12.4 Å². The molecule has 17 heavy (non-hydrogen) atoms. The van der Waals surface area contributed by atoms with Crippen molar-refractivity contribution in [2.45, 2.75) is 44.9 Å². The fourth-order valence-corrected chi connectivity index (χ4v) is 2.34. The van der Waals surface area contributed by atoms with Crippen molar-refractivity contribution in [1.82, 2.24) is 9.55 Å². The highest BCUT2D eigenvalue weighted by atomic mass is 16.5. The molecular formula is C12H19N3O2. The molecule has 1 heterocycles. The molecule has 0 aromatic carbocycles. The summed E-state index contributed by atoms with van der Waals surface area (Å²) in [5, 5.41) is 3.22. The number of methoxy groups -OCH3 is 1. The van der Waals surface area contributed by atoms with Crippen LogP contribution in [0, 0.1) is 0 Å². The Hall–Kier alpha value is -1.36. The molecule has 1 aromatic heterocycles. The van der Waals surface area contributed by atoms with E-state index in [2.05, 4.69) is 10.3 Å². The lowest BCUT2D eigenvalue weighted by atomic mass is 10.2. The molecule has 2 rings (SSSR count). The predicted molar refractivity (Wildman–Crippen MR) is 66.2 cm³/mol. The van der Waals surface area contributed by atoms with Crippen LogP contribution in [0.2, 0.25) is 0 Å². The first-order chi connectivity index (χ1) is 8.26. The average molecular weight is 237 g/mol. The van der Waals surface area contributed by atoms with Crippen LogP contribution in [0.25, 0.3) is 0 Å². The van der Waals surface area contributed by atoms with E-state index in [-0.39, 0.29) is 17.7 Å². The number of aryl methyl sites for hydroxylation is 1. The fraction of sp³-hybridized carbons (Fsp3) is 0.667. The van der Waals surface area contributed by atoms with E-state index in [9.17, 15) is 4.79 Å². The SMILES string of the molecule is CCn1ccnc(NC2CCCC2OC)c1=O. The van der Waals surface area contributed by atoms with Crippen LogP contribution in [0.4, 0.5) is 5.82 Å². The summed E-state index contributed by atoms with van der Waals surface area (Å²) in [6.45, 7) is 2.60. The van der Waals surface area contributed by atoms with Crippen LogP contribution in [0.1, 0.15) is 26.2 Å². The molecule has 94 valence electrons. The van der Waals surface area contributed by atoms with Gasteiger partial charge in [-0.2, -0.15) is 0 Å². The molecular weight excluding hydrogens is 218 g/mol. The zero-order valence-electron chi connectivity index (χ0n) is 10.3. The molecule has 1 fully saturated rings. The summed E-state index contributed by atoms with van der Waals surface area (Å²) in [5.74, 6) is 0.434. The van der Waals surface area contributed by atoms with Crippen LogP contribution in [0.3, 0.4) is 0 Å². The highest BCUT2D eigenvalue weighted by Gasteiger charge is 2.27. The summed E-state index contributed by atoms with van der Waals surface area (Å²) in [7, 11) is 1.72. The average Bonchev–Trinajstić information content (AvgIpc) is 2.79. The Morgan fingerprint density at radius 1 is 1.59 bits per heavy atom. The summed E-state index contributed by atoms with van der Waals surface area (Å²) in [6.07, 6.45) is 6.75. The highest BCUT2D eigenvalue weighted by Crippen LogP contribution is 2.23. The molecule has 0 amide bonds. The molecule has 1 aromatic rings. The zero-order valence-corrected chi connectivity index (χ0v) is 10.3. The van der Waals surface area contributed by atoms with Crippen molar-refractivity contribution in [3.05, 3.63) is 22.7 Å². The summed E-state index contributed by atoms with van der Waals surface area (Å²) in [5.41, 5.74) is -0.0586. The van der Waals surface area contributed by atoms with Gasteiger partial charge < -0.3 is 14.6 Å². The van der Waals surface area contributed by atoms with E-state index in [4.69, 9.17) is 4.74 Å². The lowest BCUT2D eigenvalue weighted by molar-refractivity contribution is 0.101. The van der Waals surface area contributed by atoms with Gasteiger partial charge in [-0.25, -0.2) is 4.98 Å². The van der Waals surface area contributed by atoms with Gasteiger partial charge in [0.2, 0.25) is 0 Å². The number of nitrogens with zero attached hydrogens (tertiary/aromatic N) is 2. The van der Waals surface area contributed by atoms with Gasteiger partial charge in [0.15, 0.2) is 5.82 Å². The standard InChI is InChI=1S/C12H19N3O2/c1-3-15-8-7-13-11(12(15)16)14-9-5-4-6-10(9)17-2/h7-10H,3-6H2,1-2H3,(H,13,14). The minimum atomic E-state index is -0.0586. The molecule has 0 spiro atoms. The molecule has 5 heteroatoms. The van der Waals surface area contributed by atoms with Crippen molar-refractivity contribution in [2.75, 3.05) is 12.4 Å². The van der Waals surface area contributed by atoms with Gasteiger partial charge in [0.1, 0.15) is 0 Å². The lowest BCUT2D eigenvalue weighted by Crippen LogP contribution is -2.34. The lowest BCUT2D eigenvalue weighted by Gasteiger charge is -2.19. The monoisotopic (exact) mass is 237 g/mol. The number of ether oxygens (including phenoxy) is 1. The quantitative estimate of drug-likeness (QED) is 0.856. The van der Waals surface area contributed by atoms with Crippen LogP contribution in [0.15, 0.2) is 17.2 Å². The molecule has 1 N–H and O–H groups in total. The normalized spacial score (nSPS) is 23.9. The number of hydrogen-bond donors (Lipinski definition) is 1. The van der Waals surface area contributed by atoms with Gasteiger partial charge in [0, 0.05) is 26.0 Å². The Balaban J connectivity index is 2.16. The van der Waals surface area contributed by atoms with Crippen LogP contribution in [-0.4, -0.2) is 28.8 Å².